The third-order valence-corrected chi connectivity index (χ3v) is 4.96. The van der Waals surface area contributed by atoms with Gasteiger partial charge in [0.1, 0.15) is 0 Å². The lowest BCUT2D eigenvalue weighted by molar-refractivity contribution is 0.912. The van der Waals surface area contributed by atoms with E-state index in [9.17, 15) is 0 Å². The molecule has 3 nitrogen and oxygen atoms in total. The van der Waals surface area contributed by atoms with Crippen LogP contribution in [-0.2, 0) is 0 Å². The van der Waals surface area contributed by atoms with Gasteiger partial charge in [-0.3, -0.25) is 9.98 Å². The zero-order valence-electron chi connectivity index (χ0n) is 14.4. The molecule has 1 aliphatic rings. The lowest BCUT2D eigenvalue weighted by Gasteiger charge is -2.03. The van der Waals surface area contributed by atoms with Crippen molar-refractivity contribution in [2.24, 2.45) is 4.99 Å². The van der Waals surface area contributed by atoms with E-state index in [1.165, 1.54) is 22.8 Å². The number of nitrogens with zero attached hydrogens (tertiary/aromatic N) is 2. The molecule has 5 rings (SSSR count). The average molecular weight is 337 g/mol. The fourth-order valence-corrected chi connectivity index (χ4v) is 3.61. The lowest BCUT2D eigenvalue weighted by Crippen LogP contribution is -1.82. The Bertz CT molecular complexity index is 1150. The van der Waals surface area contributed by atoms with Gasteiger partial charge >= 0.3 is 0 Å². The zero-order chi connectivity index (χ0) is 17.3. The van der Waals surface area contributed by atoms with Crippen molar-refractivity contribution in [3.63, 3.8) is 0 Å². The van der Waals surface area contributed by atoms with Crippen LogP contribution in [0.5, 0.6) is 0 Å². The number of H-pyrrole nitrogens is 1. The minimum Gasteiger partial charge on any atom is -0.355 e. The number of aromatic nitrogens is 2. The number of rotatable bonds is 2. The van der Waals surface area contributed by atoms with E-state index < -0.39 is 0 Å². The second-order valence-electron chi connectivity index (χ2n) is 6.69. The summed E-state index contributed by atoms with van der Waals surface area (Å²) in [5.74, 6) is 0. The summed E-state index contributed by atoms with van der Waals surface area (Å²) in [6.45, 7) is 0. The van der Waals surface area contributed by atoms with Gasteiger partial charge < -0.3 is 4.98 Å². The van der Waals surface area contributed by atoms with Crippen molar-refractivity contribution in [2.75, 3.05) is 0 Å². The van der Waals surface area contributed by atoms with Crippen molar-refractivity contribution in [3.05, 3.63) is 72.4 Å². The quantitative estimate of drug-likeness (QED) is 0.480. The Labute approximate surface area is 152 Å². The van der Waals surface area contributed by atoms with Crippen LogP contribution in [0.3, 0.4) is 0 Å². The van der Waals surface area contributed by atoms with Gasteiger partial charge in [-0.25, -0.2) is 0 Å². The summed E-state index contributed by atoms with van der Waals surface area (Å²) < 4.78 is 0. The summed E-state index contributed by atoms with van der Waals surface area (Å²) in [7, 11) is 0. The highest BCUT2D eigenvalue weighted by atomic mass is 14.7. The summed E-state index contributed by atoms with van der Waals surface area (Å²) in [4.78, 5) is 12.6. The smallest absolute Gasteiger partial charge is 0.0702 e. The molecule has 0 atom stereocenters. The van der Waals surface area contributed by atoms with Gasteiger partial charge in [-0.05, 0) is 55.7 Å². The average Bonchev–Trinajstić information content (AvgIpc) is 2.86. The number of aliphatic imine (C=N–C) groups is 1. The molecule has 0 amide bonds. The summed E-state index contributed by atoms with van der Waals surface area (Å²) in [5, 5.41) is 2.46. The Balaban J connectivity index is 1.69. The maximum Gasteiger partial charge on any atom is 0.0702 e. The van der Waals surface area contributed by atoms with Crippen LogP contribution in [0.2, 0.25) is 0 Å². The van der Waals surface area contributed by atoms with Crippen LogP contribution in [0.15, 0.2) is 71.9 Å². The highest BCUT2D eigenvalue weighted by molar-refractivity contribution is 6.09. The molecule has 2 aromatic heterocycles. The van der Waals surface area contributed by atoms with Crippen LogP contribution in [0.1, 0.15) is 24.8 Å². The molecule has 1 N–H and O–H groups in total. The molecular weight excluding hydrogens is 318 g/mol. The molecule has 126 valence electrons. The first kappa shape index (κ1) is 15.1. The van der Waals surface area contributed by atoms with Gasteiger partial charge in [0.15, 0.2) is 0 Å². The molecule has 3 heteroatoms. The highest BCUT2D eigenvalue weighted by Crippen LogP contribution is 2.32. The fourth-order valence-electron chi connectivity index (χ4n) is 3.61. The molecule has 3 heterocycles. The number of benzene rings is 2. The zero-order valence-corrected chi connectivity index (χ0v) is 14.4. The van der Waals surface area contributed by atoms with E-state index in [0.29, 0.717) is 0 Å². The monoisotopic (exact) mass is 337 g/mol. The number of allylic oxidation sites excluding steroid dienone is 1. The van der Waals surface area contributed by atoms with E-state index in [1.807, 2.05) is 30.6 Å². The topological polar surface area (TPSA) is 41.0 Å². The molecular formula is C23H19N3. The second kappa shape index (κ2) is 6.26. The van der Waals surface area contributed by atoms with Gasteiger partial charge in [0.05, 0.1) is 11.4 Å². The number of hydrogen-bond acceptors (Lipinski definition) is 2. The summed E-state index contributed by atoms with van der Waals surface area (Å²) in [6.07, 6.45) is 9.45. The largest absolute Gasteiger partial charge is 0.355 e. The Morgan fingerprint density at radius 3 is 2.42 bits per heavy atom. The number of aromatic amines is 1. The Morgan fingerprint density at radius 1 is 0.808 bits per heavy atom. The van der Waals surface area contributed by atoms with Crippen LogP contribution >= 0.6 is 0 Å². The van der Waals surface area contributed by atoms with E-state index in [-0.39, 0.29) is 0 Å². The molecule has 0 saturated heterocycles. The molecule has 0 saturated carbocycles. The van der Waals surface area contributed by atoms with Crippen LogP contribution in [-0.4, -0.2) is 16.2 Å². The Morgan fingerprint density at radius 2 is 1.62 bits per heavy atom. The minimum atomic E-state index is 0.996. The molecule has 0 spiro atoms. The standard InChI is InChI=1S/C23H19N3/c1-2-6-20(24-12-4-1)16-8-10-22-18(14-16)19-15-17(9-11-23(19)26-22)21-7-3-5-13-25-21/h3,5-15,26H,1-2,4H2. The molecule has 0 radical (unpaired) electrons. The SMILES string of the molecule is C1=NC(c2ccc3[nH]c4ccc(-c5ccccn5)cc4c3c2)=CCCC1. The van der Waals surface area contributed by atoms with Crippen LogP contribution in [0.25, 0.3) is 38.8 Å². The Hall–Kier alpha value is -3.20. The number of pyridine rings is 1. The van der Waals surface area contributed by atoms with E-state index in [4.69, 9.17) is 0 Å². The molecule has 0 unspecified atom stereocenters. The van der Waals surface area contributed by atoms with Gasteiger partial charge in [0.25, 0.3) is 0 Å². The van der Waals surface area contributed by atoms with Gasteiger partial charge in [0, 0.05) is 45.3 Å². The van der Waals surface area contributed by atoms with E-state index in [2.05, 4.69) is 57.4 Å². The van der Waals surface area contributed by atoms with Crippen LogP contribution < -0.4 is 0 Å². The van der Waals surface area contributed by atoms with E-state index in [0.717, 1.165) is 40.8 Å². The van der Waals surface area contributed by atoms with Crippen LogP contribution in [0.4, 0.5) is 0 Å². The predicted molar refractivity (Wildman–Crippen MR) is 109 cm³/mol. The van der Waals surface area contributed by atoms with Crippen molar-refractivity contribution in [3.8, 4) is 11.3 Å². The number of nitrogens with one attached hydrogen (secondary N) is 1. The summed E-state index contributed by atoms with van der Waals surface area (Å²) >= 11 is 0. The van der Waals surface area contributed by atoms with Crippen molar-refractivity contribution >= 4 is 33.7 Å². The Kier molecular flexibility index (Phi) is 3.64. The molecule has 2 aromatic carbocycles. The predicted octanol–water partition coefficient (Wildman–Crippen LogP) is 5.98. The minimum absolute atomic E-state index is 0.996. The van der Waals surface area contributed by atoms with Gasteiger partial charge in [-0.2, -0.15) is 0 Å². The molecule has 1 aliphatic heterocycles. The molecule has 0 aliphatic carbocycles. The normalized spacial score (nSPS) is 14.5. The highest BCUT2D eigenvalue weighted by Gasteiger charge is 2.09. The molecule has 0 bridgehead atoms. The third-order valence-electron chi connectivity index (χ3n) is 4.96. The van der Waals surface area contributed by atoms with Gasteiger partial charge in [-0.1, -0.05) is 24.3 Å². The van der Waals surface area contributed by atoms with E-state index >= 15 is 0 Å². The maximum absolute atomic E-state index is 4.65. The molecule has 0 fully saturated rings. The first-order valence-electron chi connectivity index (χ1n) is 9.08. The molecule has 4 aromatic rings. The third kappa shape index (κ3) is 2.62. The first-order valence-corrected chi connectivity index (χ1v) is 9.08. The first-order chi connectivity index (χ1) is 12.9. The van der Waals surface area contributed by atoms with Crippen LogP contribution in [0, 0.1) is 0 Å². The van der Waals surface area contributed by atoms with Gasteiger partial charge in [0.2, 0.25) is 0 Å². The van der Waals surface area contributed by atoms with Gasteiger partial charge in [-0.15, -0.1) is 0 Å². The van der Waals surface area contributed by atoms with E-state index in [1.54, 1.807) is 0 Å². The molecule has 26 heavy (non-hydrogen) atoms. The fraction of sp³-hybridized carbons (Fsp3) is 0.130. The maximum atomic E-state index is 4.65. The summed E-state index contributed by atoms with van der Waals surface area (Å²) in [6, 6.07) is 19.1. The second-order valence-corrected chi connectivity index (χ2v) is 6.69. The number of fused-ring (bicyclic) bond motifs is 3. The van der Waals surface area contributed by atoms with Crippen molar-refractivity contribution in [2.45, 2.75) is 19.3 Å². The summed E-state index contributed by atoms with van der Waals surface area (Å²) in [5.41, 5.74) is 6.70. The van der Waals surface area contributed by atoms with Crippen molar-refractivity contribution in [1.29, 1.82) is 0 Å². The van der Waals surface area contributed by atoms with Crippen molar-refractivity contribution in [1.82, 2.24) is 9.97 Å². The lowest BCUT2D eigenvalue weighted by atomic mass is 10.0. The number of hydrogen-bond donors (Lipinski definition) is 1. The van der Waals surface area contributed by atoms with Crippen molar-refractivity contribution < 1.29 is 0 Å².